The SMILES string of the molecule is O=C(NCCCCCNC(=O)C(CS(=O)(=O)O)NC(=O)C(CS(=O)(=O)O)NC(=O)OCC1c2ccccc2-c2ccccc21)OCC1c2ccccc2-c2ccccc21. The van der Waals surface area contributed by atoms with E-state index in [0.717, 1.165) is 44.5 Å². The molecule has 4 aromatic carbocycles. The Hall–Kier alpha value is -5.82. The molecule has 2 aliphatic rings. The predicted molar refractivity (Wildman–Crippen MR) is 217 cm³/mol. The first kappa shape index (κ1) is 42.8. The van der Waals surface area contributed by atoms with Crippen LogP contribution in [0.3, 0.4) is 0 Å². The lowest BCUT2D eigenvalue weighted by Crippen LogP contribution is -2.57. The van der Waals surface area contributed by atoms with E-state index < -0.39 is 67.8 Å². The number of carbonyl (C=O) groups is 4. The zero-order valence-corrected chi connectivity index (χ0v) is 33.3. The highest BCUT2D eigenvalue weighted by atomic mass is 32.2. The monoisotopic (exact) mass is 848 g/mol. The van der Waals surface area contributed by atoms with E-state index in [4.69, 9.17) is 9.47 Å². The highest BCUT2D eigenvalue weighted by Gasteiger charge is 2.34. The Bertz CT molecular complexity index is 2330. The predicted octanol–water partition coefficient (Wildman–Crippen LogP) is 3.98. The highest BCUT2D eigenvalue weighted by Crippen LogP contribution is 2.45. The van der Waals surface area contributed by atoms with Gasteiger partial charge in [0.15, 0.2) is 0 Å². The molecule has 0 spiro atoms. The van der Waals surface area contributed by atoms with Gasteiger partial charge >= 0.3 is 12.2 Å². The molecule has 2 aliphatic carbocycles. The van der Waals surface area contributed by atoms with Gasteiger partial charge in [0.05, 0.1) is 0 Å². The van der Waals surface area contributed by atoms with Crippen molar-refractivity contribution in [1.29, 1.82) is 0 Å². The standard InChI is InChI=1S/C41H44N4O12S2/c46-38(42-20-10-1-11-21-43-40(48)56-22-34-30-16-6-2-12-26(30)27-13-3-7-17-31(27)34)36(24-58(50,51)52)44-39(47)37(25-59(53,54)55)45-41(49)57-23-35-32-18-8-4-14-28(32)29-15-5-9-19-33(29)35/h2-9,12-19,34-37H,1,10-11,20-25H2,(H,42,46)(H,43,48)(H,44,47)(H,45,49)(H,50,51,52)(H,53,54,55). The number of rotatable bonds is 18. The minimum absolute atomic E-state index is 0.00801. The van der Waals surface area contributed by atoms with Crippen molar-refractivity contribution in [3.63, 3.8) is 0 Å². The maximum atomic E-state index is 13.2. The van der Waals surface area contributed by atoms with Crippen LogP contribution in [0.4, 0.5) is 9.59 Å². The number of benzene rings is 4. The van der Waals surface area contributed by atoms with Gasteiger partial charge in [0.1, 0.15) is 36.8 Å². The number of amides is 4. The zero-order chi connectivity index (χ0) is 42.2. The Morgan fingerprint density at radius 2 is 0.881 bits per heavy atom. The summed E-state index contributed by atoms with van der Waals surface area (Å²) in [6, 6.07) is 27.0. The molecule has 6 rings (SSSR count). The summed E-state index contributed by atoms with van der Waals surface area (Å²) in [5, 5.41) is 9.26. The minimum Gasteiger partial charge on any atom is -0.449 e. The second-order valence-electron chi connectivity index (χ2n) is 14.2. The second kappa shape index (κ2) is 18.8. The van der Waals surface area contributed by atoms with Crippen LogP contribution in [0.25, 0.3) is 22.3 Å². The average molecular weight is 849 g/mol. The Morgan fingerprint density at radius 1 is 0.508 bits per heavy atom. The van der Waals surface area contributed by atoms with Crippen molar-refractivity contribution >= 4 is 44.2 Å². The molecule has 0 aliphatic heterocycles. The van der Waals surface area contributed by atoms with Crippen molar-refractivity contribution in [3.05, 3.63) is 119 Å². The summed E-state index contributed by atoms with van der Waals surface area (Å²) in [4.78, 5) is 51.6. The summed E-state index contributed by atoms with van der Waals surface area (Å²) in [6.45, 7) is 0.250. The molecule has 0 radical (unpaired) electrons. The molecular weight excluding hydrogens is 805 g/mol. The van der Waals surface area contributed by atoms with Crippen LogP contribution < -0.4 is 21.3 Å². The second-order valence-corrected chi connectivity index (χ2v) is 17.2. The lowest BCUT2D eigenvalue weighted by Gasteiger charge is -2.22. The first-order valence-corrected chi connectivity index (χ1v) is 22.1. The van der Waals surface area contributed by atoms with Crippen molar-refractivity contribution in [3.8, 4) is 22.3 Å². The third-order valence-electron chi connectivity index (χ3n) is 10.1. The highest BCUT2D eigenvalue weighted by molar-refractivity contribution is 7.86. The van der Waals surface area contributed by atoms with Gasteiger partial charge in [-0.2, -0.15) is 16.8 Å². The molecule has 4 aromatic rings. The summed E-state index contributed by atoms with van der Waals surface area (Å²) in [5.74, 6) is -5.45. The van der Waals surface area contributed by atoms with Crippen molar-refractivity contribution in [2.24, 2.45) is 0 Å². The van der Waals surface area contributed by atoms with E-state index >= 15 is 0 Å². The van der Waals surface area contributed by atoms with Gasteiger partial charge in [-0.25, -0.2) is 9.59 Å². The van der Waals surface area contributed by atoms with E-state index in [1.54, 1.807) is 0 Å². The zero-order valence-electron chi connectivity index (χ0n) is 31.7. The molecule has 0 aromatic heterocycles. The van der Waals surface area contributed by atoms with Crippen molar-refractivity contribution in [1.82, 2.24) is 21.3 Å². The minimum atomic E-state index is -4.91. The molecule has 18 heteroatoms. The number of alkyl carbamates (subject to hydrolysis) is 2. The van der Waals surface area contributed by atoms with Crippen molar-refractivity contribution < 1.29 is 54.6 Å². The average Bonchev–Trinajstić information content (AvgIpc) is 3.69. The van der Waals surface area contributed by atoms with E-state index in [1.807, 2.05) is 102 Å². The summed E-state index contributed by atoms with van der Waals surface area (Å²) in [7, 11) is -9.77. The number of hydrogen-bond acceptors (Lipinski definition) is 10. The molecule has 59 heavy (non-hydrogen) atoms. The summed E-state index contributed by atoms with van der Waals surface area (Å²) >= 11 is 0. The maximum absolute atomic E-state index is 13.2. The quantitative estimate of drug-likeness (QED) is 0.0616. The molecule has 16 nitrogen and oxygen atoms in total. The molecule has 0 bridgehead atoms. The van der Waals surface area contributed by atoms with E-state index in [1.165, 1.54) is 0 Å². The van der Waals surface area contributed by atoms with Gasteiger partial charge < -0.3 is 30.7 Å². The fourth-order valence-corrected chi connectivity index (χ4v) is 8.76. The molecule has 312 valence electrons. The number of nitrogens with one attached hydrogen (secondary N) is 4. The molecule has 2 atom stereocenters. The molecule has 0 saturated heterocycles. The summed E-state index contributed by atoms with van der Waals surface area (Å²) < 4.78 is 77.1. The molecular formula is C41H44N4O12S2. The molecule has 0 fully saturated rings. The Kier molecular flexibility index (Phi) is 13.7. The molecule has 2 unspecified atom stereocenters. The number of hydrogen-bond donors (Lipinski definition) is 6. The molecule has 4 amide bonds. The first-order valence-electron chi connectivity index (χ1n) is 18.9. The van der Waals surface area contributed by atoms with Crippen molar-refractivity contribution in [2.75, 3.05) is 37.8 Å². The van der Waals surface area contributed by atoms with Gasteiger partial charge in [0.2, 0.25) is 11.8 Å². The van der Waals surface area contributed by atoms with Gasteiger partial charge in [-0.05, 0) is 63.8 Å². The van der Waals surface area contributed by atoms with E-state index in [-0.39, 0.29) is 38.1 Å². The summed E-state index contributed by atoms with van der Waals surface area (Å²) in [6.07, 6.45) is -0.410. The lowest BCUT2D eigenvalue weighted by atomic mass is 9.98. The van der Waals surface area contributed by atoms with Crippen LogP contribution in [0, 0.1) is 0 Å². The van der Waals surface area contributed by atoms with Gasteiger partial charge in [-0.3, -0.25) is 18.7 Å². The van der Waals surface area contributed by atoms with E-state index in [9.17, 15) is 45.1 Å². The van der Waals surface area contributed by atoms with Crippen LogP contribution in [0.2, 0.25) is 0 Å². The first-order chi connectivity index (χ1) is 28.2. The molecule has 0 heterocycles. The van der Waals surface area contributed by atoms with Crippen LogP contribution in [0.1, 0.15) is 53.4 Å². The third-order valence-corrected chi connectivity index (χ3v) is 11.6. The van der Waals surface area contributed by atoms with Crippen LogP contribution in [0.15, 0.2) is 97.1 Å². The maximum Gasteiger partial charge on any atom is 0.407 e. The van der Waals surface area contributed by atoms with E-state index in [2.05, 4.69) is 16.0 Å². The van der Waals surface area contributed by atoms with Gasteiger partial charge in [-0.15, -0.1) is 0 Å². The third kappa shape index (κ3) is 11.2. The number of ether oxygens (including phenoxy) is 2. The molecule has 6 N–H and O–H groups in total. The van der Waals surface area contributed by atoms with Gasteiger partial charge in [-0.1, -0.05) is 97.1 Å². The van der Waals surface area contributed by atoms with Gasteiger partial charge in [0.25, 0.3) is 20.2 Å². The number of fused-ring (bicyclic) bond motifs is 6. The van der Waals surface area contributed by atoms with Gasteiger partial charge in [0, 0.05) is 24.9 Å². The largest absolute Gasteiger partial charge is 0.449 e. The number of carbonyl (C=O) groups excluding carboxylic acids is 4. The van der Waals surface area contributed by atoms with Crippen LogP contribution in [-0.2, 0) is 39.3 Å². The fourth-order valence-electron chi connectivity index (χ4n) is 7.44. The lowest BCUT2D eigenvalue weighted by molar-refractivity contribution is -0.129. The Labute approximate surface area is 341 Å². The fraction of sp³-hybridized carbons (Fsp3) is 0.317. The molecule has 0 saturated carbocycles. The Balaban J connectivity index is 0.948. The summed E-state index contributed by atoms with van der Waals surface area (Å²) in [5.41, 5.74) is 8.07. The van der Waals surface area contributed by atoms with E-state index in [0.29, 0.717) is 19.3 Å². The van der Waals surface area contributed by atoms with Crippen LogP contribution >= 0.6 is 0 Å². The normalized spacial score (nSPS) is 14.1. The Morgan fingerprint density at radius 3 is 1.31 bits per heavy atom. The van der Waals surface area contributed by atoms with Crippen molar-refractivity contribution in [2.45, 2.75) is 43.2 Å². The topological polar surface area (TPSA) is 244 Å². The van der Waals surface area contributed by atoms with Crippen LogP contribution in [0.5, 0.6) is 0 Å². The smallest absolute Gasteiger partial charge is 0.407 e. The van der Waals surface area contributed by atoms with Crippen LogP contribution in [-0.4, -0.2) is 99.8 Å². The number of unbranched alkanes of at least 4 members (excludes halogenated alkanes) is 2.